The van der Waals surface area contributed by atoms with Crippen LogP contribution >= 0.6 is 0 Å². The monoisotopic (exact) mass is 285 g/mol. The smallest absolute Gasteiger partial charge is 0.0481 e. The topological polar surface area (TPSA) is 20.2 Å². The maximum absolute atomic E-state index is 3.55. The van der Waals surface area contributed by atoms with Crippen molar-refractivity contribution in [2.45, 2.75) is 38.8 Å². The fourth-order valence-corrected chi connectivity index (χ4v) is 3.59. The first-order valence-corrected chi connectivity index (χ1v) is 8.27. The van der Waals surface area contributed by atoms with Gasteiger partial charge in [0.1, 0.15) is 0 Å². The number of para-hydroxylation sites is 1. The highest BCUT2D eigenvalue weighted by atomic mass is 15.2. The van der Waals surface area contributed by atoms with Crippen molar-refractivity contribution in [2.24, 2.45) is 7.05 Å². The van der Waals surface area contributed by atoms with Crippen LogP contribution in [0.2, 0.25) is 0 Å². The quantitative estimate of drug-likeness (QED) is 0.910. The highest BCUT2D eigenvalue weighted by molar-refractivity contribution is 5.83. The number of nitrogens with one attached hydrogen (secondary N) is 1. The molecule has 1 fully saturated rings. The number of fused-ring (bicyclic) bond motifs is 1. The van der Waals surface area contributed by atoms with Crippen LogP contribution in [0.5, 0.6) is 0 Å². The Balaban J connectivity index is 1.83. The average molecular weight is 285 g/mol. The molecule has 1 unspecified atom stereocenters. The second-order valence-corrected chi connectivity index (χ2v) is 6.25. The number of aromatic nitrogens is 1. The zero-order valence-electron chi connectivity index (χ0n) is 13.3. The lowest BCUT2D eigenvalue weighted by Gasteiger charge is -2.34. The molecule has 0 bridgehead atoms. The summed E-state index contributed by atoms with van der Waals surface area (Å²) >= 11 is 0. The van der Waals surface area contributed by atoms with E-state index in [1.165, 1.54) is 48.8 Å². The lowest BCUT2D eigenvalue weighted by molar-refractivity contribution is 0.158. The molecule has 0 saturated carbocycles. The van der Waals surface area contributed by atoms with E-state index in [1.54, 1.807) is 0 Å². The van der Waals surface area contributed by atoms with E-state index in [0.717, 1.165) is 13.1 Å². The van der Waals surface area contributed by atoms with Crippen molar-refractivity contribution in [2.75, 3.05) is 19.6 Å². The SMILES string of the molecule is CCCN(Cc1cn(C)c2ccccc12)C1CCCNC1. The van der Waals surface area contributed by atoms with Crippen LogP contribution in [-0.4, -0.2) is 35.1 Å². The average Bonchev–Trinajstić information content (AvgIpc) is 2.85. The summed E-state index contributed by atoms with van der Waals surface area (Å²) in [6, 6.07) is 9.44. The summed E-state index contributed by atoms with van der Waals surface area (Å²) in [6.45, 7) is 6.87. The van der Waals surface area contributed by atoms with Gasteiger partial charge in [0.2, 0.25) is 0 Å². The minimum atomic E-state index is 0.692. The molecule has 1 N–H and O–H groups in total. The summed E-state index contributed by atoms with van der Waals surface area (Å²) in [5, 5.41) is 4.96. The summed E-state index contributed by atoms with van der Waals surface area (Å²) in [5.74, 6) is 0. The van der Waals surface area contributed by atoms with E-state index in [9.17, 15) is 0 Å². The van der Waals surface area contributed by atoms with Crippen molar-refractivity contribution >= 4 is 10.9 Å². The molecule has 1 aliphatic rings. The van der Waals surface area contributed by atoms with E-state index in [1.807, 2.05) is 0 Å². The van der Waals surface area contributed by atoms with Crippen LogP contribution in [0, 0.1) is 0 Å². The molecule has 1 saturated heterocycles. The molecule has 1 aliphatic heterocycles. The predicted octanol–water partition coefficient (Wildman–Crippen LogP) is 3.14. The Bertz CT molecular complexity index is 581. The molecule has 1 aromatic heterocycles. The molecule has 114 valence electrons. The van der Waals surface area contributed by atoms with Gasteiger partial charge in [0.15, 0.2) is 0 Å². The molecule has 1 atom stereocenters. The van der Waals surface area contributed by atoms with Crippen LogP contribution < -0.4 is 5.32 Å². The van der Waals surface area contributed by atoms with Crippen LogP contribution in [0.1, 0.15) is 31.7 Å². The lowest BCUT2D eigenvalue weighted by Crippen LogP contribution is -2.45. The number of rotatable bonds is 5. The van der Waals surface area contributed by atoms with Gasteiger partial charge in [-0.15, -0.1) is 0 Å². The van der Waals surface area contributed by atoms with E-state index in [-0.39, 0.29) is 0 Å². The fourth-order valence-electron chi connectivity index (χ4n) is 3.59. The standard InChI is InChI=1S/C18H27N3/c1-3-11-21(16-7-6-10-19-12-16)14-15-13-20(2)18-9-5-4-8-17(15)18/h4-5,8-9,13,16,19H,3,6-7,10-12,14H2,1-2H3. The van der Waals surface area contributed by atoms with Crippen LogP contribution in [0.4, 0.5) is 0 Å². The second kappa shape index (κ2) is 6.63. The van der Waals surface area contributed by atoms with Gasteiger partial charge in [-0.05, 0) is 44.0 Å². The molecule has 0 spiro atoms. The summed E-state index contributed by atoms with van der Waals surface area (Å²) in [6.07, 6.45) is 6.17. The zero-order chi connectivity index (χ0) is 14.7. The number of aryl methyl sites for hydroxylation is 1. The zero-order valence-corrected chi connectivity index (χ0v) is 13.3. The first-order valence-electron chi connectivity index (χ1n) is 8.27. The number of hydrogen-bond donors (Lipinski definition) is 1. The van der Waals surface area contributed by atoms with Gasteiger partial charge in [0.05, 0.1) is 0 Å². The minimum absolute atomic E-state index is 0.692. The van der Waals surface area contributed by atoms with Gasteiger partial charge in [0, 0.05) is 43.3 Å². The summed E-state index contributed by atoms with van der Waals surface area (Å²) in [5.41, 5.74) is 2.80. The molecule has 2 aromatic rings. The number of piperidine rings is 1. The van der Waals surface area contributed by atoms with E-state index in [2.05, 4.69) is 59.2 Å². The third-order valence-electron chi connectivity index (χ3n) is 4.65. The van der Waals surface area contributed by atoms with Gasteiger partial charge in [-0.1, -0.05) is 25.1 Å². The first kappa shape index (κ1) is 14.6. The van der Waals surface area contributed by atoms with Crippen molar-refractivity contribution in [3.63, 3.8) is 0 Å². The van der Waals surface area contributed by atoms with Crippen molar-refractivity contribution < 1.29 is 0 Å². The van der Waals surface area contributed by atoms with Gasteiger partial charge in [-0.2, -0.15) is 0 Å². The van der Waals surface area contributed by atoms with E-state index in [4.69, 9.17) is 0 Å². The van der Waals surface area contributed by atoms with Crippen LogP contribution in [0.3, 0.4) is 0 Å². The summed E-state index contributed by atoms with van der Waals surface area (Å²) in [4.78, 5) is 2.67. The molecule has 0 aliphatic carbocycles. The van der Waals surface area contributed by atoms with E-state index >= 15 is 0 Å². The Kier molecular flexibility index (Phi) is 4.61. The maximum atomic E-state index is 3.55. The highest BCUT2D eigenvalue weighted by Crippen LogP contribution is 2.23. The Hall–Kier alpha value is -1.32. The van der Waals surface area contributed by atoms with Gasteiger partial charge in [0.25, 0.3) is 0 Å². The molecule has 3 rings (SSSR count). The Labute approximate surface area is 127 Å². The Morgan fingerprint density at radius 2 is 2.19 bits per heavy atom. The number of hydrogen-bond acceptors (Lipinski definition) is 2. The molecule has 0 radical (unpaired) electrons. The fraction of sp³-hybridized carbons (Fsp3) is 0.556. The summed E-state index contributed by atoms with van der Waals surface area (Å²) < 4.78 is 2.26. The van der Waals surface area contributed by atoms with Crippen molar-refractivity contribution in [3.05, 3.63) is 36.0 Å². The minimum Gasteiger partial charge on any atom is -0.350 e. The summed E-state index contributed by atoms with van der Waals surface area (Å²) in [7, 11) is 2.15. The number of nitrogens with zero attached hydrogens (tertiary/aromatic N) is 2. The first-order chi connectivity index (χ1) is 10.3. The van der Waals surface area contributed by atoms with Crippen molar-refractivity contribution in [1.29, 1.82) is 0 Å². The van der Waals surface area contributed by atoms with Gasteiger partial charge < -0.3 is 9.88 Å². The third kappa shape index (κ3) is 3.14. The highest BCUT2D eigenvalue weighted by Gasteiger charge is 2.21. The largest absolute Gasteiger partial charge is 0.350 e. The van der Waals surface area contributed by atoms with Crippen molar-refractivity contribution in [3.8, 4) is 0 Å². The number of benzene rings is 1. The van der Waals surface area contributed by atoms with Gasteiger partial charge >= 0.3 is 0 Å². The Morgan fingerprint density at radius 3 is 2.95 bits per heavy atom. The van der Waals surface area contributed by atoms with Crippen LogP contribution in [-0.2, 0) is 13.6 Å². The van der Waals surface area contributed by atoms with Crippen LogP contribution in [0.15, 0.2) is 30.5 Å². The van der Waals surface area contributed by atoms with E-state index in [0.29, 0.717) is 6.04 Å². The van der Waals surface area contributed by atoms with Crippen molar-refractivity contribution in [1.82, 2.24) is 14.8 Å². The molecule has 2 heterocycles. The Morgan fingerprint density at radius 1 is 1.33 bits per heavy atom. The molecular formula is C18H27N3. The predicted molar refractivity (Wildman–Crippen MR) is 89.5 cm³/mol. The third-order valence-corrected chi connectivity index (χ3v) is 4.65. The molecule has 3 heteroatoms. The molecular weight excluding hydrogens is 258 g/mol. The maximum Gasteiger partial charge on any atom is 0.0481 e. The van der Waals surface area contributed by atoms with Crippen LogP contribution in [0.25, 0.3) is 10.9 Å². The normalized spacial score (nSPS) is 19.5. The lowest BCUT2D eigenvalue weighted by atomic mass is 10.0. The second-order valence-electron chi connectivity index (χ2n) is 6.25. The molecule has 1 aromatic carbocycles. The van der Waals surface area contributed by atoms with Gasteiger partial charge in [-0.3, -0.25) is 4.90 Å². The molecule has 3 nitrogen and oxygen atoms in total. The van der Waals surface area contributed by atoms with Gasteiger partial charge in [-0.25, -0.2) is 0 Å². The molecule has 0 amide bonds. The van der Waals surface area contributed by atoms with E-state index < -0.39 is 0 Å². The molecule has 21 heavy (non-hydrogen) atoms.